The summed E-state index contributed by atoms with van der Waals surface area (Å²) in [6.07, 6.45) is 6.91. The monoisotopic (exact) mass is 675 g/mol. The maximum Gasteiger partial charge on any atom is 0.234 e. The first kappa shape index (κ1) is 37.2. The van der Waals surface area contributed by atoms with E-state index in [2.05, 4.69) is 49.4 Å². The molecule has 6 rings (SSSR count). The number of anilines is 2. The summed E-state index contributed by atoms with van der Waals surface area (Å²) in [6.45, 7) is 14.7. The fraction of sp³-hybridized carbons (Fsp3) is 0.351. The average Bonchev–Trinajstić information content (AvgIpc) is 3.53. The third-order valence-electron chi connectivity index (χ3n) is 8.06. The first-order valence-electron chi connectivity index (χ1n) is 17.2. The van der Waals surface area contributed by atoms with E-state index in [-0.39, 0.29) is 11.9 Å². The van der Waals surface area contributed by atoms with E-state index >= 15 is 0 Å². The Morgan fingerprint density at radius 3 is 2.36 bits per heavy atom. The van der Waals surface area contributed by atoms with Crippen LogP contribution in [0, 0.1) is 11.3 Å². The molecule has 1 aliphatic rings. The minimum Gasteiger partial charge on any atom is -0.396 e. The molecule has 1 saturated heterocycles. The van der Waals surface area contributed by atoms with Crippen molar-refractivity contribution in [1.82, 2.24) is 39.4 Å². The number of nitrogen functional groups attached to an aromatic ring is 1. The number of rotatable bonds is 9. The molecule has 1 aromatic carbocycles. The molecule has 7 N–H and O–H groups in total. The molecule has 262 valence electrons. The molecule has 1 aliphatic heterocycles. The molecule has 13 nitrogen and oxygen atoms in total. The van der Waals surface area contributed by atoms with Crippen LogP contribution in [-0.4, -0.2) is 64.6 Å². The van der Waals surface area contributed by atoms with Gasteiger partial charge in [0, 0.05) is 56.0 Å². The van der Waals surface area contributed by atoms with Crippen molar-refractivity contribution in [3.05, 3.63) is 90.3 Å². The highest BCUT2D eigenvalue weighted by molar-refractivity contribution is 5.84. The second-order valence-corrected chi connectivity index (χ2v) is 11.6. The van der Waals surface area contributed by atoms with Crippen molar-refractivity contribution < 1.29 is 0 Å². The molecule has 50 heavy (non-hydrogen) atoms. The molecular formula is C37H49N13. The molecule has 5 aromatic rings. The summed E-state index contributed by atoms with van der Waals surface area (Å²) in [6, 6.07) is 20.1. The fourth-order valence-electron chi connectivity index (χ4n) is 5.47. The van der Waals surface area contributed by atoms with Gasteiger partial charge in [-0.1, -0.05) is 39.8 Å². The highest BCUT2D eigenvalue weighted by atomic mass is 15.4. The van der Waals surface area contributed by atoms with Crippen LogP contribution < -0.4 is 22.6 Å². The summed E-state index contributed by atoms with van der Waals surface area (Å²) < 4.78 is 1.99. The van der Waals surface area contributed by atoms with E-state index in [9.17, 15) is 0 Å². The van der Waals surface area contributed by atoms with Gasteiger partial charge in [0.05, 0.1) is 17.0 Å². The first-order valence-corrected chi connectivity index (χ1v) is 17.2. The molecule has 0 amide bonds. The van der Waals surface area contributed by atoms with Gasteiger partial charge in [-0.15, -0.1) is 0 Å². The Morgan fingerprint density at radius 2 is 1.70 bits per heavy atom. The third-order valence-corrected chi connectivity index (χ3v) is 8.06. The summed E-state index contributed by atoms with van der Waals surface area (Å²) in [4.78, 5) is 24.8. The number of aromatic nitrogens is 6. The van der Waals surface area contributed by atoms with E-state index in [1.54, 1.807) is 29.7 Å². The number of fused-ring (bicyclic) bond motifs is 1. The number of pyridine rings is 2. The van der Waals surface area contributed by atoms with Crippen molar-refractivity contribution in [3.63, 3.8) is 0 Å². The molecular weight excluding hydrogens is 626 g/mol. The lowest BCUT2D eigenvalue weighted by molar-refractivity contribution is 0.211. The van der Waals surface area contributed by atoms with Crippen molar-refractivity contribution in [1.29, 1.82) is 5.26 Å². The molecule has 0 atom stereocenters. The van der Waals surface area contributed by atoms with Gasteiger partial charge in [-0.3, -0.25) is 9.47 Å². The summed E-state index contributed by atoms with van der Waals surface area (Å²) in [7, 11) is 0. The third kappa shape index (κ3) is 8.90. The zero-order valence-corrected chi connectivity index (χ0v) is 29.9. The number of nitrogens with one attached hydrogen (secondary N) is 1. The van der Waals surface area contributed by atoms with Crippen LogP contribution in [0.2, 0.25) is 0 Å². The molecule has 0 unspecified atom stereocenters. The van der Waals surface area contributed by atoms with Gasteiger partial charge in [-0.25, -0.2) is 30.8 Å². The molecule has 0 bridgehead atoms. The van der Waals surface area contributed by atoms with Gasteiger partial charge in [-0.2, -0.15) is 5.26 Å². The number of nitrogens with two attached hydrogens (primary N) is 3. The number of likely N-dealkylation sites (tertiary alicyclic amines) is 1. The van der Waals surface area contributed by atoms with E-state index in [0.717, 1.165) is 38.2 Å². The molecule has 0 radical (unpaired) electrons. The van der Waals surface area contributed by atoms with Crippen LogP contribution in [0.3, 0.4) is 0 Å². The van der Waals surface area contributed by atoms with Gasteiger partial charge in [0.15, 0.2) is 11.5 Å². The summed E-state index contributed by atoms with van der Waals surface area (Å²) >= 11 is 0. The normalized spacial score (nSPS) is 13.5. The predicted octanol–water partition coefficient (Wildman–Crippen LogP) is 5.70. The number of piperidine rings is 1. The van der Waals surface area contributed by atoms with Gasteiger partial charge >= 0.3 is 0 Å². The summed E-state index contributed by atoms with van der Waals surface area (Å²) in [5.74, 6) is 7.99. The van der Waals surface area contributed by atoms with Crippen LogP contribution in [0.5, 0.6) is 0 Å². The summed E-state index contributed by atoms with van der Waals surface area (Å²) in [5.41, 5.74) is 17.9. The smallest absolute Gasteiger partial charge is 0.234 e. The Bertz CT molecular complexity index is 1900. The lowest BCUT2D eigenvalue weighted by Crippen LogP contribution is -2.38. The zero-order chi connectivity index (χ0) is 36.2. The molecule has 0 aliphatic carbocycles. The van der Waals surface area contributed by atoms with E-state index in [1.165, 1.54) is 5.56 Å². The second kappa shape index (κ2) is 17.7. The standard InChI is InChI=1S/C33H37N13.2C2H6/c1-21(2)45(37)20-26(35)27-9-10-28-33(41-27)46(32(42-28)25-4-3-14-39-31(25)36)24-7-5-22(6-8-24)19-44-16-12-23(13-17-44)40-29-11-15-38-30(18-34)43-29;2*1-2/h3-11,14-15,20-21,23H,12-13,16-17,19,35,37H2,1-2H3,(H2,36,39)(H,38,40,43);2*1-2H3/b26-20-;;. The van der Waals surface area contributed by atoms with Crippen LogP contribution in [0.4, 0.5) is 11.6 Å². The topological polar surface area (TPSA) is 190 Å². The molecule has 0 spiro atoms. The number of benzene rings is 1. The minimum absolute atomic E-state index is 0.0811. The number of nitriles is 1. The van der Waals surface area contributed by atoms with Crippen LogP contribution >= 0.6 is 0 Å². The number of hydrogen-bond acceptors (Lipinski definition) is 12. The minimum atomic E-state index is 0.0811. The van der Waals surface area contributed by atoms with Crippen molar-refractivity contribution >= 4 is 28.5 Å². The fourth-order valence-corrected chi connectivity index (χ4v) is 5.47. The Balaban J connectivity index is 0.00000136. The summed E-state index contributed by atoms with van der Waals surface area (Å²) in [5, 5.41) is 14.1. The molecule has 4 aromatic heterocycles. The van der Waals surface area contributed by atoms with Gasteiger partial charge in [0.1, 0.15) is 23.2 Å². The van der Waals surface area contributed by atoms with Gasteiger partial charge in [0.25, 0.3) is 0 Å². The van der Waals surface area contributed by atoms with Crippen molar-refractivity contribution in [3.8, 4) is 23.1 Å². The van der Waals surface area contributed by atoms with Crippen molar-refractivity contribution in [2.45, 2.75) is 73.0 Å². The van der Waals surface area contributed by atoms with Crippen LogP contribution in [0.1, 0.15) is 71.5 Å². The number of nitrogens with zero attached hydrogens (tertiary/aromatic N) is 9. The lowest BCUT2D eigenvalue weighted by Gasteiger charge is -2.32. The van der Waals surface area contributed by atoms with Gasteiger partial charge in [0.2, 0.25) is 5.82 Å². The number of imidazole rings is 1. The molecule has 13 heteroatoms. The van der Waals surface area contributed by atoms with E-state index in [1.807, 2.05) is 76.4 Å². The number of hydrazine groups is 1. The lowest BCUT2D eigenvalue weighted by atomic mass is 10.0. The largest absolute Gasteiger partial charge is 0.396 e. The molecule has 0 saturated carbocycles. The SMILES string of the molecule is CC.CC.CC(C)N(N)/C=C(\N)c1ccc2nc(-c3cccnc3N)n(-c3ccc(CN4CCC(Nc5ccnc(C#N)n5)CC4)cc3)c2n1. The van der Waals surface area contributed by atoms with Crippen LogP contribution in [0.15, 0.2) is 73.2 Å². The van der Waals surface area contributed by atoms with Crippen LogP contribution in [0.25, 0.3) is 33.9 Å². The average molecular weight is 676 g/mol. The van der Waals surface area contributed by atoms with Gasteiger partial charge in [-0.05, 0) is 74.7 Å². The highest BCUT2D eigenvalue weighted by Gasteiger charge is 2.21. The first-order chi connectivity index (χ1) is 24.3. The Kier molecular flexibility index (Phi) is 13.2. The van der Waals surface area contributed by atoms with E-state index in [4.69, 9.17) is 32.5 Å². The quantitative estimate of drug-likeness (QED) is 0.110. The zero-order valence-electron chi connectivity index (χ0n) is 29.9. The van der Waals surface area contributed by atoms with Crippen molar-refractivity contribution in [2.75, 3.05) is 24.1 Å². The Hall–Kier alpha value is -5.58. The Morgan fingerprint density at radius 1 is 0.980 bits per heavy atom. The maximum atomic E-state index is 9.07. The Labute approximate surface area is 294 Å². The highest BCUT2D eigenvalue weighted by Crippen LogP contribution is 2.31. The van der Waals surface area contributed by atoms with E-state index < -0.39 is 0 Å². The van der Waals surface area contributed by atoms with Crippen molar-refractivity contribution in [2.24, 2.45) is 11.6 Å². The van der Waals surface area contributed by atoms with E-state index in [0.29, 0.717) is 51.6 Å². The molecule has 1 fully saturated rings. The predicted molar refractivity (Wildman–Crippen MR) is 201 cm³/mol. The second-order valence-electron chi connectivity index (χ2n) is 11.6. The maximum absolute atomic E-state index is 9.07. The molecule has 5 heterocycles. The van der Waals surface area contributed by atoms with Crippen LogP contribution in [-0.2, 0) is 6.54 Å². The number of hydrogen-bond donors (Lipinski definition) is 4. The van der Waals surface area contributed by atoms with Gasteiger partial charge < -0.3 is 21.8 Å².